The molecule has 1 rings (SSSR count). The summed E-state index contributed by atoms with van der Waals surface area (Å²) >= 11 is 0. The monoisotopic (exact) mass is 430 g/mol. The molecule has 27 heavy (non-hydrogen) atoms. The Labute approximate surface area is 164 Å². The molecule has 0 aromatic carbocycles. The summed E-state index contributed by atoms with van der Waals surface area (Å²) in [4.78, 5) is 0. The first kappa shape index (κ1) is 24.8. The first-order valence-corrected chi connectivity index (χ1v) is 12.7. The second kappa shape index (κ2) is 9.04. The summed E-state index contributed by atoms with van der Waals surface area (Å²) in [7, 11) is -7.49. The van der Waals surface area contributed by atoms with E-state index in [9.17, 15) is 16.8 Å². The van der Waals surface area contributed by atoms with Crippen molar-refractivity contribution in [2.45, 2.75) is 84.6 Å². The molecule has 1 aliphatic heterocycles. The topological polar surface area (TPSA) is 105 Å². The van der Waals surface area contributed by atoms with Crippen LogP contribution in [0.15, 0.2) is 0 Å². The third-order valence-electron chi connectivity index (χ3n) is 3.90. The normalized spacial score (nSPS) is 25.9. The Kier molecular flexibility index (Phi) is 8.30. The van der Waals surface area contributed by atoms with Gasteiger partial charge < -0.3 is 9.47 Å². The van der Waals surface area contributed by atoms with E-state index in [4.69, 9.17) is 17.8 Å². The molecule has 0 aromatic heterocycles. The van der Waals surface area contributed by atoms with Crippen LogP contribution < -0.4 is 0 Å². The standard InChI is InChI=1S/C17H34O8S2/c1-11(2)9-13(24-26(7,18)19)15-16(23-17(5,6)22-15)14(10-12(3)4)25-27(8,20)21/h11-16H,9-10H2,1-8H3/t13-,14-,15+,16+/m1/s1. The van der Waals surface area contributed by atoms with E-state index in [1.165, 1.54) is 0 Å². The van der Waals surface area contributed by atoms with Gasteiger partial charge in [0.25, 0.3) is 20.2 Å². The Morgan fingerprint density at radius 1 is 0.778 bits per heavy atom. The fourth-order valence-corrected chi connectivity index (χ4v) is 4.50. The maximum absolute atomic E-state index is 11.8. The van der Waals surface area contributed by atoms with E-state index in [-0.39, 0.29) is 11.8 Å². The summed E-state index contributed by atoms with van der Waals surface area (Å²) < 4.78 is 69.6. The molecule has 0 bridgehead atoms. The van der Waals surface area contributed by atoms with Gasteiger partial charge in [0.15, 0.2) is 5.79 Å². The number of rotatable bonds is 10. The predicted molar refractivity (Wildman–Crippen MR) is 102 cm³/mol. The molecule has 8 nitrogen and oxygen atoms in total. The summed E-state index contributed by atoms with van der Waals surface area (Å²) in [6.45, 7) is 11.1. The summed E-state index contributed by atoms with van der Waals surface area (Å²) in [5.74, 6) is -0.769. The molecule has 1 saturated heterocycles. The van der Waals surface area contributed by atoms with Crippen LogP contribution in [0.3, 0.4) is 0 Å². The maximum Gasteiger partial charge on any atom is 0.264 e. The summed E-state index contributed by atoms with van der Waals surface area (Å²) in [5.41, 5.74) is 0. The van der Waals surface area contributed by atoms with Crippen LogP contribution in [0.4, 0.5) is 0 Å². The molecule has 1 heterocycles. The SMILES string of the molecule is CC(C)C[C@@H](OS(C)(=O)=O)[C@@H]1OC(C)(C)O[C@H]1[C@@H](CC(C)C)OS(C)(=O)=O. The lowest BCUT2D eigenvalue weighted by Gasteiger charge is -2.31. The van der Waals surface area contributed by atoms with Gasteiger partial charge in [-0.05, 0) is 38.5 Å². The van der Waals surface area contributed by atoms with Gasteiger partial charge in [-0.15, -0.1) is 0 Å². The molecule has 1 fully saturated rings. The fraction of sp³-hybridized carbons (Fsp3) is 1.00. The Balaban J connectivity index is 3.27. The van der Waals surface area contributed by atoms with Crippen LogP contribution in [-0.4, -0.2) is 59.6 Å². The minimum atomic E-state index is -3.75. The quantitative estimate of drug-likeness (QED) is 0.486. The van der Waals surface area contributed by atoms with Gasteiger partial charge in [0.05, 0.1) is 12.5 Å². The van der Waals surface area contributed by atoms with E-state index in [0.717, 1.165) is 12.5 Å². The zero-order valence-corrected chi connectivity index (χ0v) is 19.1. The average molecular weight is 431 g/mol. The van der Waals surface area contributed by atoms with E-state index in [0.29, 0.717) is 12.8 Å². The second-order valence-corrected chi connectivity index (χ2v) is 11.7. The van der Waals surface area contributed by atoms with Crippen molar-refractivity contribution < 1.29 is 34.7 Å². The van der Waals surface area contributed by atoms with Crippen molar-refractivity contribution in [3.63, 3.8) is 0 Å². The van der Waals surface area contributed by atoms with Gasteiger partial charge in [0, 0.05) is 0 Å². The maximum atomic E-state index is 11.8. The van der Waals surface area contributed by atoms with Gasteiger partial charge in [0.2, 0.25) is 0 Å². The molecule has 0 N–H and O–H groups in total. The summed E-state index contributed by atoms with van der Waals surface area (Å²) in [6, 6.07) is 0. The Hall–Kier alpha value is -0.260. The predicted octanol–water partition coefficient (Wildman–Crippen LogP) is 2.29. The van der Waals surface area contributed by atoms with Crippen LogP contribution in [0.25, 0.3) is 0 Å². The van der Waals surface area contributed by atoms with E-state index >= 15 is 0 Å². The molecule has 0 amide bonds. The number of hydrogen-bond donors (Lipinski definition) is 0. The van der Waals surface area contributed by atoms with Gasteiger partial charge in [-0.25, -0.2) is 0 Å². The minimum Gasteiger partial charge on any atom is -0.342 e. The van der Waals surface area contributed by atoms with Crippen LogP contribution in [0.1, 0.15) is 54.4 Å². The van der Waals surface area contributed by atoms with Crippen molar-refractivity contribution in [1.82, 2.24) is 0 Å². The second-order valence-electron chi connectivity index (χ2n) is 8.50. The first-order valence-electron chi connectivity index (χ1n) is 9.11. The third-order valence-corrected chi connectivity index (χ3v) is 5.09. The number of ether oxygens (including phenoxy) is 2. The van der Waals surface area contributed by atoms with Crippen molar-refractivity contribution >= 4 is 20.2 Å². The van der Waals surface area contributed by atoms with Crippen LogP contribution >= 0.6 is 0 Å². The lowest BCUT2D eigenvalue weighted by molar-refractivity contribution is -0.159. The van der Waals surface area contributed by atoms with E-state index in [2.05, 4.69) is 0 Å². The molecule has 0 saturated carbocycles. The Morgan fingerprint density at radius 3 is 1.30 bits per heavy atom. The molecule has 0 radical (unpaired) electrons. The van der Waals surface area contributed by atoms with Crippen LogP contribution in [0, 0.1) is 11.8 Å². The smallest absolute Gasteiger partial charge is 0.264 e. The van der Waals surface area contributed by atoms with E-state index < -0.39 is 50.4 Å². The molecule has 0 aromatic rings. The van der Waals surface area contributed by atoms with Gasteiger partial charge >= 0.3 is 0 Å². The van der Waals surface area contributed by atoms with Crippen molar-refractivity contribution in [2.75, 3.05) is 12.5 Å². The summed E-state index contributed by atoms with van der Waals surface area (Å²) in [5, 5.41) is 0. The van der Waals surface area contributed by atoms with Crippen molar-refractivity contribution in [1.29, 1.82) is 0 Å². The van der Waals surface area contributed by atoms with Gasteiger partial charge in [-0.1, -0.05) is 27.7 Å². The first-order chi connectivity index (χ1) is 12.0. The van der Waals surface area contributed by atoms with Gasteiger partial charge in [-0.2, -0.15) is 16.8 Å². The molecule has 10 heteroatoms. The molecule has 0 aliphatic carbocycles. The van der Waals surface area contributed by atoms with Crippen molar-refractivity contribution in [2.24, 2.45) is 11.8 Å². The fourth-order valence-electron chi connectivity index (χ4n) is 3.23. The van der Waals surface area contributed by atoms with E-state index in [1.807, 2.05) is 27.7 Å². The zero-order chi connectivity index (χ0) is 21.2. The molecule has 0 spiro atoms. The zero-order valence-electron chi connectivity index (χ0n) is 17.5. The van der Waals surface area contributed by atoms with Gasteiger partial charge in [0.1, 0.15) is 24.4 Å². The highest BCUT2D eigenvalue weighted by atomic mass is 32.2. The highest BCUT2D eigenvalue weighted by molar-refractivity contribution is 7.86. The van der Waals surface area contributed by atoms with Crippen LogP contribution in [-0.2, 0) is 38.1 Å². The Bertz CT molecular complexity index is 624. The number of hydrogen-bond acceptors (Lipinski definition) is 8. The summed E-state index contributed by atoms with van der Waals surface area (Å²) in [6.07, 6.45) is -0.439. The molecule has 162 valence electrons. The molecule has 4 atom stereocenters. The largest absolute Gasteiger partial charge is 0.342 e. The van der Waals surface area contributed by atoms with Crippen molar-refractivity contribution in [3.8, 4) is 0 Å². The van der Waals surface area contributed by atoms with Gasteiger partial charge in [-0.3, -0.25) is 8.37 Å². The lowest BCUT2D eigenvalue weighted by atomic mass is 9.93. The van der Waals surface area contributed by atoms with Crippen LogP contribution in [0.2, 0.25) is 0 Å². The highest BCUT2D eigenvalue weighted by Gasteiger charge is 2.51. The van der Waals surface area contributed by atoms with E-state index in [1.54, 1.807) is 13.8 Å². The minimum absolute atomic E-state index is 0.129. The molecule has 1 aliphatic rings. The molecule has 0 unspecified atom stereocenters. The lowest BCUT2D eigenvalue weighted by Crippen LogP contribution is -2.46. The third kappa shape index (κ3) is 9.19. The average Bonchev–Trinajstić information content (AvgIpc) is 2.69. The molecular weight excluding hydrogens is 396 g/mol. The highest BCUT2D eigenvalue weighted by Crippen LogP contribution is 2.37. The van der Waals surface area contributed by atoms with Crippen LogP contribution in [0.5, 0.6) is 0 Å². The van der Waals surface area contributed by atoms with Crippen molar-refractivity contribution in [3.05, 3.63) is 0 Å². The Morgan fingerprint density at radius 2 is 1.07 bits per heavy atom. The molecular formula is C17H34O8S2.